The van der Waals surface area contributed by atoms with Gasteiger partial charge < -0.3 is 4.74 Å². The molecule has 0 aliphatic rings. The molecule has 3 heteroatoms. The van der Waals surface area contributed by atoms with Crippen LogP contribution in [0.25, 0.3) is 0 Å². The van der Waals surface area contributed by atoms with Crippen LogP contribution in [-0.2, 0) is 36.8 Å². The molecule has 0 rings (SSSR count). The van der Waals surface area contributed by atoms with Crippen LogP contribution in [-0.4, -0.2) is 13.1 Å². The van der Waals surface area contributed by atoms with Crippen molar-refractivity contribution >= 4 is 5.97 Å². The third kappa shape index (κ3) is 8.83. The molecule has 0 spiro atoms. The van der Waals surface area contributed by atoms with E-state index in [1.807, 2.05) is 0 Å². The Kier molecular flexibility index (Phi) is 8.66. The van der Waals surface area contributed by atoms with Gasteiger partial charge in [-0.3, -0.25) is 4.79 Å². The first-order valence-electron chi connectivity index (χ1n) is 1.32. The largest absolute Gasteiger partial charge is 2.00 e. The zero-order valence-electron chi connectivity index (χ0n) is 4.02. The molecule has 0 aromatic rings. The molecule has 6 heavy (non-hydrogen) atoms. The van der Waals surface area contributed by atoms with Crippen LogP contribution in [0, 0.1) is 0 Å². The zero-order valence-corrected chi connectivity index (χ0v) is 8.06. The summed E-state index contributed by atoms with van der Waals surface area (Å²) in [6.45, 7) is 1.36. The quantitative estimate of drug-likeness (QED) is 0.398. The molecule has 0 aliphatic carbocycles. The first kappa shape index (κ1) is 9.63. The van der Waals surface area contributed by atoms with E-state index in [4.69, 9.17) is 0 Å². The summed E-state index contributed by atoms with van der Waals surface area (Å²) in [5, 5.41) is 0. The van der Waals surface area contributed by atoms with E-state index in [9.17, 15) is 4.79 Å². The van der Waals surface area contributed by atoms with E-state index in [-0.39, 0.29) is 33.3 Å². The summed E-state index contributed by atoms with van der Waals surface area (Å²) in [6.07, 6.45) is 0. The van der Waals surface area contributed by atoms with Crippen molar-refractivity contribution in [3.8, 4) is 0 Å². The summed E-state index contributed by atoms with van der Waals surface area (Å²) >= 11 is 0. The summed E-state index contributed by atoms with van der Waals surface area (Å²) in [5.74, 6) is -0.245. The van der Waals surface area contributed by atoms with Gasteiger partial charge in [0.05, 0.1) is 7.11 Å². The van der Waals surface area contributed by atoms with Gasteiger partial charge in [-0.1, -0.05) is 0 Å². The van der Waals surface area contributed by atoms with Gasteiger partial charge in [-0.15, -0.1) is 0 Å². The second kappa shape index (κ2) is 5.39. The van der Waals surface area contributed by atoms with Crippen LogP contribution in [0.3, 0.4) is 0 Å². The Bertz CT molecular complexity index is 44.1. The number of carbonyl (C=O) groups is 1. The molecule has 0 N–H and O–H groups in total. The van der Waals surface area contributed by atoms with Crippen LogP contribution >= 0.6 is 0 Å². The van der Waals surface area contributed by atoms with Gasteiger partial charge in [-0.25, -0.2) is 0 Å². The van der Waals surface area contributed by atoms with Crippen LogP contribution in [0.15, 0.2) is 0 Å². The van der Waals surface area contributed by atoms with Crippen LogP contribution < -0.4 is 0 Å². The minimum absolute atomic E-state index is 0. The van der Waals surface area contributed by atoms with E-state index in [0.29, 0.717) is 0 Å². The molecule has 2 nitrogen and oxygen atoms in total. The monoisotopic (exact) mass is 188 g/mol. The topological polar surface area (TPSA) is 26.3 Å². The average Bonchev–Trinajstić information content (AvgIpc) is 1.38. The summed E-state index contributed by atoms with van der Waals surface area (Å²) < 4.78 is 4.11. The van der Waals surface area contributed by atoms with Gasteiger partial charge >= 0.3 is 33.3 Å². The van der Waals surface area contributed by atoms with E-state index < -0.39 is 0 Å². The maximum absolute atomic E-state index is 9.59. The second-order valence-corrected chi connectivity index (χ2v) is 0.696. The van der Waals surface area contributed by atoms with E-state index >= 15 is 0 Å². The number of methoxy groups -OCH3 is 1. The Labute approximate surface area is 57.0 Å². The molecule has 0 aromatic heterocycles. The third-order valence-electron chi connectivity index (χ3n) is 0.287. The molecule has 0 radical (unpaired) electrons. The minimum Gasteiger partial charge on any atom is -0.469 e. The predicted octanol–water partition coefficient (Wildman–Crippen LogP) is 0.177. The first-order valence-corrected chi connectivity index (χ1v) is 1.32. The number of hydrogen-bond donors (Lipinski definition) is 0. The summed E-state index contributed by atoms with van der Waals surface area (Å²) in [6, 6.07) is 0. The van der Waals surface area contributed by atoms with Crippen molar-refractivity contribution in [1.29, 1.82) is 0 Å². The van der Waals surface area contributed by atoms with Crippen molar-refractivity contribution in [1.82, 2.24) is 0 Å². The second-order valence-electron chi connectivity index (χ2n) is 0.696. The molecule has 0 saturated heterocycles. The van der Waals surface area contributed by atoms with E-state index in [2.05, 4.69) is 4.74 Å². The van der Waals surface area contributed by atoms with Crippen molar-refractivity contribution in [2.75, 3.05) is 7.11 Å². The Balaban J connectivity index is 0. The SMILES string of the molecule is COC(C)=O.[Cd+2]. The maximum atomic E-state index is 9.59. The standard InChI is InChI=1S/C3H6O2.Cd/c1-3(4)5-2;/h1-2H3;/q;+2. The molecule has 0 bridgehead atoms. The normalized spacial score (nSPS) is 5.67. The molecule has 0 atom stereocenters. The van der Waals surface area contributed by atoms with E-state index in [1.165, 1.54) is 14.0 Å². The fraction of sp³-hybridized carbons (Fsp3) is 0.667. The fourth-order valence-electron chi connectivity index (χ4n) is 0. The summed E-state index contributed by atoms with van der Waals surface area (Å²) in [4.78, 5) is 9.59. The van der Waals surface area contributed by atoms with Crippen molar-refractivity contribution in [3.05, 3.63) is 0 Å². The van der Waals surface area contributed by atoms with Crippen molar-refractivity contribution in [3.63, 3.8) is 0 Å². The van der Waals surface area contributed by atoms with E-state index in [0.717, 1.165) is 0 Å². The van der Waals surface area contributed by atoms with Crippen LogP contribution in [0.4, 0.5) is 0 Å². The number of ether oxygens (including phenoxy) is 1. The summed E-state index contributed by atoms with van der Waals surface area (Å²) in [5.41, 5.74) is 0. The minimum atomic E-state index is -0.245. The third-order valence-corrected chi connectivity index (χ3v) is 0.287. The van der Waals surface area contributed by atoms with Gasteiger partial charge in [0.1, 0.15) is 0 Å². The van der Waals surface area contributed by atoms with Crippen molar-refractivity contribution in [2.24, 2.45) is 0 Å². The fourth-order valence-corrected chi connectivity index (χ4v) is 0. The predicted molar refractivity (Wildman–Crippen MR) is 17.7 cm³/mol. The van der Waals surface area contributed by atoms with Crippen LogP contribution in [0.1, 0.15) is 6.92 Å². The van der Waals surface area contributed by atoms with Crippen LogP contribution in [0.5, 0.6) is 0 Å². The molecule has 0 heterocycles. The Hall–Kier alpha value is 0.392. The van der Waals surface area contributed by atoms with Gasteiger partial charge in [0, 0.05) is 6.92 Å². The van der Waals surface area contributed by atoms with Crippen molar-refractivity contribution < 1.29 is 36.8 Å². The number of carbonyl (C=O) groups excluding carboxylic acids is 1. The van der Waals surface area contributed by atoms with Gasteiger partial charge in [0.25, 0.3) is 0 Å². The van der Waals surface area contributed by atoms with Crippen molar-refractivity contribution in [2.45, 2.75) is 6.92 Å². The molecular formula is C3H6CdO2+2. The molecule has 30 valence electrons. The molecule has 0 saturated carbocycles. The Morgan fingerprint density at radius 3 is 1.83 bits per heavy atom. The molecule has 0 fully saturated rings. The number of rotatable bonds is 0. The number of esters is 1. The van der Waals surface area contributed by atoms with E-state index in [1.54, 1.807) is 0 Å². The molecular weight excluding hydrogens is 180 g/mol. The zero-order chi connectivity index (χ0) is 4.28. The van der Waals surface area contributed by atoms with Crippen LogP contribution in [0.2, 0.25) is 0 Å². The smallest absolute Gasteiger partial charge is 0.469 e. The molecule has 0 aliphatic heterocycles. The Morgan fingerprint density at radius 1 is 1.67 bits per heavy atom. The van der Waals surface area contributed by atoms with Gasteiger partial charge in [0.2, 0.25) is 0 Å². The maximum Gasteiger partial charge on any atom is 2.00 e. The van der Waals surface area contributed by atoms with Gasteiger partial charge in [-0.05, 0) is 0 Å². The molecule has 0 unspecified atom stereocenters. The van der Waals surface area contributed by atoms with Gasteiger partial charge in [0.15, 0.2) is 0 Å². The first-order chi connectivity index (χ1) is 2.27. The summed E-state index contributed by atoms with van der Waals surface area (Å²) in [7, 11) is 1.35. The molecule has 0 aromatic carbocycles. The number of hydrogen-bond acceptors (Lipinski definition) is 2. The Morgan fingerprint density at radius 2 is 1.83 bits per heavy atom. The van der Waals surface area contributed by atoms with Gasteiger partial charge in [-0.2, -0.15) is 0 Å². The average molecular weight is 186 g/mol. The molecule has 0 amide bonds.